The molecule has 0 radical (unpaired) electrons. The molecule has 3 rings (SSSR count). The summed E-state index contributed by atoms with van der Waals surface area (Å²) in [5.74, 6) is -0.142. The third-order valence-electron chi connectivity index (χ3n) is 2.83. The molecule has 0 aliphatic carbocycles. The number of carbonyl (C=O) groups is 1. The molecule has 0 atom stereocenters. The Balaban J connectivity index is 1.82. The van der Waals surface area contributed by atoms with E-state index >= 15 is 0 Å². The fourth-order valence-electron chi connectivity index (χ4n) is 1.88. The Labute approximate surface area is 108 Å². The van der Waals surface area contributed by atoms with E-state index in [-0.39, 0.29) is 5.69 Å². The molecule has 0 aromatic carbocycles. The van der Waals surface area contributed by atoms with Crippen molar-refractivity contribution in [3.8, 4) is 0 Å². The second-order valence-corrected chi connectivity index (χ2v) is 4.16. The third-order valence-corrected chi connectivity index (χ3v) is 2.83. The average Bonchev–Trinajstić information content (AvgIpc) is 3.04. The minimum Gasteiger partial charge on any atom is -0.476 e. The molecule has 3 aromatic heterocycles. The molecule has 0 bridgehead atoms. The Morgan fingerprint density at radius 2 is 2.32 bits per heavy atom. The summed E-state index contributed by atoms with van der Waals surface area (Å²) in [7, 11) is 0. The van der Waals surface area contributed by atoms with Gasteiger partial charge in [-0.3, -0.25) is 4.40 Å². The van der Waals surface area contributed by atoms with E-state index in [4.69, 9.17) is 9.52 Å². The van der Waals surface area contributed by atoms with Crippen molar-refractivity contribution >= 4 is 11.6 Å². The number of aromatic carboxylic acids is 1. The SMILES string of the molecule is O=C(O)c1cn2cnc(CCc3ccco3)cc2n1. The van der Waals surface area contributed by atoms with E-state index in [2.05, 4.69) is 9.97 Å². The fraction of sp³-hybridized carbons (Fsp3) is 0.154. The first-order valence-electron chi connectivity index (χ1n) is 5.82. The molecule has 0 saturated carbocycles. The number of carboxylic acid groups (broad SMARTS) is 1. The largest absolute Gasteiger partial charge is 0.476 e. The number of furan rings is 1. The Hall–Kier alpha value is -2.63. The highest BCUT2D eigenvalue weighted by atomic mass is 16.4. The molecule has 0 saturated heterocycles. The van der Waals surface area contributed by atoms with Crippen molar-refractivity contribution in [2.45, 2.75) is 12.8 Å². The van der Waals surface area contributed by atoms with Gasteiger partial charge in [0, 0.05) is 24.4 Å². The molecule has 6 nitrogen and oxygen atoms in total. The van der Waals surface area contributed by atoms with Gasteiger partial charge in [-0.1, -0.05) is 0 Å². The molecule has 0 aliphatic heterocycles. The van der Waals surface area contributed by atoms with Crippen molar-refractivity contribution in [1.82, 2.24) is 14.4 Å². The predicted octanol–water partition coefficient (Wildman–Crippen LogP) is 1.81. The number of nitrogens with zero attached hydrogens (tertiary/aromatic N) is 3. The molecule has 3 aromatic rings. The maximum absolute atomic E-state index is 10.8. The van der Waals surface area contributed by atoms with Crippen LogP contribution in [0.1, 0.15) is 21.9 Å². The lowest BCUT2D eigenvalue weighted by Crippen LogP contribution is -1.96. The van der Waals surface area contributed by atoms with Crippen molar-refractivity contribution in [3.05, 3.63) is 54.1 Å². The summed E-state index contributed by atoms with van der Waals surface area (Å²) in [6.45, 7) is 0. The molecule has 19 heavy (non-hydrogen) atoms. The first-order valence-corrected chi connectivity index (χ1v) is 5.82. The van der Waals surface area contributed by atoms with Crippen LogP contribution >= 0.6 is 0 Å². The van der Waals surface area contributed by atoms with Gasteiger partial charge in [-0.15, -0.1) is 0 Å². The Morgan fingerprint density at radius 1 is 1.42 bits per heavy atom. The van der Waals surface area contributed by atoms with Gasteiger partial charge in [-0.25, -0.2) is 14.8 Å². The molecule has 3 heterocycles. The van der Waals surface area contributed by atoms with Gasteiger partial charge in [0.1, 0.15) is 17.7 Å². The van der Waals surface area contributed by atoms with Crippen molar-refractivity contribution < 1.29 is 14.3 Å². The van der Waals surface area contributed by atoms with Crippen LogP contribution in [0.5, 0.6) is 0 Å². The second kappa shape index (κ2) is 4.56. The quantitative estimate of drug-likeness (QED) is 0.770. The lowest BCUT2D eigenvalue weighted by molar-refractivity contribution is 0.0691. The Bertz CT molecular complexity index is 716. The van der Waals surface area contributed by atoms with E-state index in [0.717, 1.165) is 24.3 Å². The van der Waals surface area contributed by atoms with Gasteiger partial charge < -0.3 is 9.52 Å². The van der Waals surface area contributed by atoms with Crippen LogP contribution in [0.25, 0.3) is 5.65 Å². The maximum atomic E-state index is 10.8. The van der Waals surface area contributed by atoms with Crippen LogP contribution < -0.4 is 0 Å². The van der Waals surface area contributed by atoms with Gasteiger partial charge in [-0.2, -0.15) is 0 Å². The zero-order valence-corrected chi connectivity index (χ0v) is 9.98. The third kappa shape index (κ3) is 2.33. The summed E-state index contributed by atoms with van der Waals surface area (Å²) in [6.07, 6.45) is 6.13. The van der Waals surface area contributed by atoms with Gasteiger partial charge in [0.15, 0.2) is 5.69 Å². The van der Waals surface area contributed by atoms with E-state index in [1.807, 2.05) is 12.1 Å². The number of aryl methyl sites for hydroxylation is 2. The smallest absolute Gasteiger partial charge is 0.356 e. The molecule has 96 valence electrons. The lowest BCUT2D eigenvalue weighted by atomic mass is 10.2. The second-order valence-electron chi connectivity index (χ2n) is 4.16. The first kappa shape index (κ1) is 11.5. The van der Waals surface area contributed by atoms with E-state index in [1.54, 1.807) is 23.1 Å². The Kier molecular flexibility index (Phi) is 2.75. The van der Waals surface area contributed by atoms with Crippen LogP contribution in [0.4, 0.5) is 0 Å². The zero-order chi connectivity index (χ0) is 13.2. The van der Waals surface area contributed by atoms with Crippen molar-refractivity contribution in [2.24, 2.45) is 0 Å². The number of rotatable bonds is 4. The minimum atomic E-state index is -1.04. The molecule has 0 fully saturated rings. The molecule has 0 spiro atoms. The molecule has 0 aliphatic rings. The zero-order valence-electron chi connectivity index (χ0n) is 9.98. The molecule has 6 heteroatoms. The number of hydrogen-bond donors (Lipinski definition) is 1. The fourth-order valence-corrected chi connectivity index (χ4v) is 1.88. The van der Waals surface area contributed by atoms with Gasteiger partial charge >= 0.3 is 5.97 Å². The van der Waals surface area contributed by atoms with Gasteiger partial charge in [-0.05, 0) is 18.6 Å². The van der Waals surface area contributed by atoms with Gasteiger partial charge in [0.05, 0.1) is 6.26 Å². The summed E-state index contributed by atoms with van der Waals surface area (Å²) >= 11 is 0. The number of carboxylic acids is 1. The van der Waals surface area contributed by atoms with E-state index in [9.17, 15) is 4.79 Å². The first-order chi connectivity index (χ1) is 9.22. The number of aromatic nitrogens is 3. The highest BCUT2D eigenvalue weighted by molar-refractivity contribution is 5.86. The van der Waals surface area contributed by atoms with Crippen molar-refractivity contribution in [3.63, 3.8) is 0 Å². The maximum Gasteiger partial charge on any atom is 0.356 e. The van der Waals surface area contributed by atoms with Crippen LogP contribution in [-0.4, -0.2) is 25.4 Å². The molecule has 1 N–H and O–H groups in total. The summed E-state index contributed by atoms with van der Waals surface area (Å²) in [5.41, 5.74) is 1.46. The van der Waals surface area contributed by atoms with E-state index < -0.39 is 5.97 Å². The number of imidazole rings is 1. The summed E-state index contributed by atoms with van der Waals surface area (Å²) in [5, 5.41) is 8.87. The lowest BCUT2D eigenvalue weighted by Gasteiger charge is -1.99. The predicted molar refractivity (Wildman–Crippen MR) is 66.1 cm³/mol. The molecule has 0 amide bonds. The summed E-state index contributed by atoms with van der Waals surface area (Å²) < 4.78 is 6.85. The van der Waals surface area contributed by atoms with E-state index in [1.165, 1.54) is 6.20 Å². The van der Waals surface area contributed by atoms with E-state index in [0.29, 0.717) is 5.65 Å². The van der Waals surface area contributed by atoms with Crippen LogP contribution in [0, 0.1) is 0 Å². The van der Waals surface area contributed by atoms with Gasteiger partial charge in [0.25, 0.3) is 0 Å². The normalized spacial score (nSPS) is 10.9. The molecule has 0 unspecified atom stereocenters. The summed E-state index contributed by atoms with van der Waals surface area (Å²) in [4.78, 5) is 19.1. The van der Waals surface area contributed by atoms with Crippen LogP contribution in [0.2, 0.25) is 0 Å². The average molecular weight is 257 g/mol. The summed E-state index contributed by atoms with van der Waals surface area (Å²) in [6, 6.07) is 5.55. The topological polar surface area (TPSA) is 80.6 Å². The highest BCUT2D eigenvalue weighted by Crippen LogP contribution is 2.09. The van der Waals surface area contributed by atoms with Crippen LogP contribution in [-0.2, 0) is 12.8 Å². The van der Waals surface area contributed by atoms with Crippen LogP contribution in [0.15, 0.2) is 41.4 Å². The molecular formula is C13H11N3O3. The number of fused-ring (bicyclic) bond motifs is 1. The minimum absolute atomic E-state index is 0.0185. The van der Waals surface area contributed by atoms with Crippen molar-refractivity contribution in [1.29, 1.82) is 0 Å². The highest BCUT2D eigenvalue weighted by Gasteiger charge is 2.09. The Morgan fingerprint density at radius 3 is 3.05 bits per heavy atom. The van der Waals surface area contributed by atoms with Crippen LogP contribution in [0.3, 0.4) is 0 Å². The van der Waals surface area contributed by atoms with Gasteiger partial charge in [0.2, 0.25) is 0 Å². The monoisotopic (exact) mass is 257 g/mol. The molecular weight excluding hydrogens is 246 g/mol. The number of hydrogen-bond acceptors (Lipinski definition) is 4. The van der Waals surface area contributed by atoms with Crippen molar-refractivity contribution in [2.75, 3.05) is 0 Å². The standard InChI is InChI=1S/C13H11N3O3/c17-13(18)11-7-16-8-14-9(6-12(16)15-11)3-4-10-2-1-5-19-10/h1-2,5-8H,3-4H2,(H,17,18).